The Hall–Kier alpha value is -2.29. The Morgan fingerprint density at radius 1 is 1.25 bits per heavy atom. The summed E-state index contributed by atoms with van der Waals surface area (Å²) in [6, 6.07) is 10.2. The van der Waals surface area contributed by atoms with Crippen LogP contribution in [0.15, 0.2) is 41.3 Å². The SMILES string of the molecule is CCOc1ccc(NC(C)=O)cc1S(=O)(=O)Nc1cccc2c1CCNC2.Cl. The molecule has 0 bridgehead atoms. The summed E-state index contributed by atoms with van der Waals surface area (Å²) in [5.74, 6) is -0.0364. The molecule has 1 aliphatic heterocycles. The molecule has 1 amide bonds. The first-order chi connectivity index (χ1) is 12.9. The van der Waals surface area contributed by atoms with Gasteiger partial charge in [0, 0.05) is 19.2 Å². The molecule has 2 aromatic rings. The van der Waals surface area contributed by atoms with Gasteiger partial charge < -0.3 is 15.4 Å². The molecular formula is C19H24ClN3O4S. The molecule has 0 radical (unpaired) electrons. The van der Waals surface area contributed by atoms with Gasteiger partial charge in [-0.25, -0.2) is 8.42 Å². The van der Waals surface area contributed by atoms with Crippen molar-refractivity contribution in [1.82, 2.24) is 5.32 Å². The van der Waals surface area contributed by atoms with Crippen LogP contribution in [0.25, 0.3) is 0 Å². The number of benzene rings is 2. The minimum atomic E-state index is -3.90. The second kappa shape index (κ2) is 9.27. The predicted octanol–water partition coefficient (Wildman–Crippen LogP) is 2.91. The Morgan fingerprint density at radius 2 is 2.04 bits per heavy atom. The number of nitrogens with one attached hydrogen (secondary N) is 3. The van der Waals surface area contributed by atoms with Crippen molar-refractivity contribution in [3.8, 4) is 5.75 Å². The topological polar surface area (TPSA) is 96.5 Å². The molecule has 152 valence electrons. The molecular weight excluding hydrogens is 402 g/mol. The highest BCUT2D eigenvalue weighted by molar-refractivity contribution is 7.92. The highest BCUT2D eigenvalue weighted by Crippen LogP contribution is 2.31. The summed E-state index contributed by atoms with van der Waals surface area (Å²) < 4.78 is 34.4. The molecule has 0 saturated carbocycles. The first kappa shape index (κ1) is 22.0. The zero-order chi connectivity index (χ0) is 19.4. The molecule has 7 nitrogen and oxygen atoms in total. The Balaban J connectivity index is 0.00000280. The second-order valence-electron chi connectivity index (χ2n) is 6.25. The Labute approximate surface area is 171 Å². The molecule has 0 fully saturated rings. The van der Waals surface area contributed by atoms with E-state index in [1.54, 1.807) is 25.1 Å². The fraction of sp³-hybridized carbons (Fsp3) is 0.316. The molecule has 0 saturated heterocycles. The van der Waals surface area contributed by atoms with E-state index in [1.807, 2.05) is 12.1 Å². The largest absolute Gasteiger partial charge is 0.492 e. The predicted molar refractivity (Wildman–Crippen MR) is 112 cm³/mol. The number of rotatable bonds is 6. The zero-order valence-corrected chi connectivity index (χ0v) is 17.4. The van der Waals surface area contributed by atoms with E-state index < -0.39 is 10.0 Å². The van der Waals surface area contributed by atoms with Gasteiger partial charge in [-0.15, -0.1) is 12.4 Å². The first-order valence-electron chi connectivity index (χ1n) is 8.79. The van der Waals surface area contributed by atoms with Crippen LogP contribution in [0, 0.1) is 0 Å². The van der Waals surface area contributed by atoms with Crippen molar-refractivity contribution in [2.45, 2.75) is 31.7 Å². The standard InChI is InChI=1S/C19H23N3O4S.ClH/c1-3-26-18-8-7-15(21-13(2)23)11-19(18)27(24,25)22-17-6-4-5-14-12-20-10-9-16(14)17;/h4-8,11,20,22H,3,9-10,12H2,1-2H3,(H,21,23);1H. The van der Waals surface area contributed by atoms with Crippen molar-refractivity contribution in [3.63, 3.8) is 0 Å². The summed E-state index contributed by atoms with van der Waals surface area (Å²) in [5.41, 5.74) is 3.04. The summed E-state index contributed by atoms with van der Waals surface area (Å²) >= 11 is 0. The number of carbonyl (C=O) groups excluding carboxylic acids is 1. The number of carbonyl (C=O) groups is 1. The van der Waals surface area contributed by atoms with Crippen molar-refractivity contribution in [1.29, 1.82) is 0 Å². The minimum absolute atomic E-state index is 0. The zero-order valence-electron chi connectivity index (χ0n) is 15.7. The summed E-state index contributed by atoms with van der Waals surface area (Å²) in [5, 5.41) is 5.88. The van der Waals surface area contributed by atoms with E-state index in [4.69, 9.17) is 4.74 Å². The van der Waals surface area contributed by atoms with Crippen LogP contribution in [0.4, 0.5) is 11.4 Å². The quantitative estimate of drug-likeness (QED) is 0.661. The van der Waals surface area contributed by atoms with E-state index in [1.165, 1.54) is 13.0 Å². The molecule has 3 N–H and O–H groups in total. The highest BCUT2D eigenvalue weighted by atomic mass is 35.5. The average molecular weight is 426 g/mol. The lowest BCUT2D eigenvalue weighted by Crippen LogP contribution is -2.25. The van der Waals surface area contributed by atoms with E-state index in [9.17, 15) is 13.2 Å². The van der Waals surface area contributed by atoms with Crippen LogP contribution < -0.4 is 20.1 Å². The monoisotopic (exact) mass is 425 g/mol. The van der Waals surface area contributed by atoms with Crippen LogP contribution in [-0.2, 0) is 27.8 Å². The molecule has 0 atom stereocenters. The van der Waals surface area contributed by atoms with E-state index >= 15 is 0 Å². The van der Waals surface area contributed by atoms with Crippen LogP contribution in [0.1, 0.15) is 25.0 Å². The highest BCUT2D eigenvalue weighted by Gasteiger charge is 2.23. The van der Waals surface area contributed by atoms with Crippen molar-refractivity contribution in [3.05, 3.63) is 47.5 Å². The second-order valence-corrected chi connectivity index (χ2v) is 7.90. The third-order valence-electron chi connectivity index (χ3n) is 4.24. The third-order valence-corrected chi connectivity index (χ3v) is 5.62. The van der Waals surface area contributed by atoms with Crippen molar-refractivity contribution >= 4 is 39.7 Å². The lowest BCUT2D eigenvalue weighted by molar-refractivity contribution is -0.114. The van der Waals surface area contributed by atoms with Gasteiger partial charge in [0.05, 0.1) is 12.3 Å². The van der Waals surface area contributed by atoms with Gasteiger partial charge in [0.1, 0.15) is 10.6 Å². The fourth-order valence-electron chi connectivity index (χ4n) is 3.10. The van der Waals surface area contributed by atoms with E-state index in [0.717, 1.165) is 24.1 Å². The summed E-state index contributed by atoms with van der Waals surface area (Å²) in [7, 11) is -3.90. The maximum Gasteiger partial charge on any atom is 0.265 e. The third kappa shape index (κ3) is 4.95. The molecule has 0 aromatic heterocycles. The van der Waals surface area contributed by atoms with Gasteiger partial charge in [0.15, 0.2) is 0 Å². The Bertz CT molecular complexity index is 964. The molecule has 9 heteroatoms. The van der Waals surface area contributed by atoms with Crippen LogP contribution in [0.3, 0.4) is 0 Å². The van der Waals surface area contributed by atoms with E-state index in [2.05, 4.69) is 15.4 Å². The number of ether oxygens (including phenoxy) is 1. The molecule has 3 rings (SSSR count). The number of sulfonamides is 1. The van der Waals surface area contributed by atoms with Gasteiger partial charge in [0.25, 0.3) is 10.0 Å². The van der Waals surface area contributed by atoms with Crippen LogP contribution in [0.5, 0.6) is 5.75 Å². The number of halogens is 1. The van der Waals surface area contributed by atoms with Gasteiger partial charge in [-0.2, -0.15) is 0 Å². The average Bonchev–Trinajstić information content (AvgIpc) is 2.63. The van der Waals surface area contributed by atoms with Crippen LogP contribution >= 0.6 is 12.4 Å². The number of hydrogen-bond donors (Lipinski definition) is 3. The van der Waals surface area contributed by atoms with Crippen LogP contribution in [-0.4, -0.2) is 27.5 Å². The normalized spacial score (nSPS) is 13.1. The van der Waals surface area contributed by atoms with E-state index in [0.29, 0.717) is 24.5 Å². The van der Waals surface area contributed by atoms with E-state index in [-0.39, 0.29) is 29.0 Å². The smallest absolute Gasteiger partial charge is 0.265 e. The summed E-state index contributed by atoms with van der Waals surface area (Å²) in [4.78, 5) is 11.3. The lowest BCUT2D eigenvalue weighted by atomic mass is 9.99. The maximum atomic E-state index is 13.1. The van der Waals surface area contributed by atoms with Gasteiger partial charge in [0.2, 0.25) is 5.91 Å². The van der Waals surface area contributed by atoms with Crippen molar-refractivity contribution < 1.29 is 17.9 Å². The summed E-state index contributed by atoms with van der Waals surface area (Å²) in [6.07, 6.45) is 0.748. The number of amides is 1. The molecule has 28 heavy (non-hydrogen) atoms. The van der Waals surface area contributed by atoms with Gasteiger partial charge in [-0.3, -0.25) is 9.52 Å². The number of anilines is 2. The number of fused-ring (bicyclic) bond motifs is 1. The molecule has 1 heterocycles. The molecule has 0 unspecified atom stereocenters. The van der Waals surface area contributed by atoms with Gasteiger partial charge in [-0.1, -0.05) is 12.1 Å². The first-order valence-corrected chi connectivity index (χ1v) is 10.3. The van der Waals surface area contributed by atoms with Gasteiger partial charge in [-0.05, 0) is 55.3 Å². The lowest BCUT2D eigenvalue weighted by Gasteiger charge is -2.21. The maximum absolute atomic E-state index is 13.1. The van der Waals surface area contributed by atoms with Gasteiger partial charge >= 0.3 is 0 Å². The molecule has 0 aliphatic carbocycles. The van der Waals surface area contributed by atoms with Crippen molar-refractivity contribution in [2.24, 2.45) is 0 Å². The summed E-state index contributed by atoms with van der Waals surface area (Å²) in [6.45, 7) is 4.99. The fourth-order valence-corrected chi connectivity index (χ4v) is 4.37. The number of hydrogen-bond acceptors (Lipinski definition) is 5. The Morgan fingerprint density at radius 3 is 2.75 bits per heavy atom. The van der Waals surface area contributed by atoms with Crippen molar-refractivity contribution in [2.75, 3.05) is 23.2 Å². The molecule has 0 spiro atoms. The minimum Gasteiger partial charge on any atom is -0.492 e. The molecule has 1 aliphatic rings. The molecule has 2 aromatic carbocycles. The van der Waals surface area contributed by atoms with Crippen LogP contribution in [0.2, 0.25) is 0 Å². The Kier molecular flexibility index (Phi) is 7.29.